The van der Waals surface area contributed by atoms with Gasteiger partial charge in [0.1, 0.15) is 0 Å². The minimum Gasteiger partial charge on any atom is -0.362 e. The lowest BCUT2D eigenvalue weighted by atomic mass is 10.0. The zero-order valence-electron chi connectivity index (χ0n) is 14.3. The second-order valence-corrected chi connectivity index (χ2v) is 6.23. The molecule has 0 saturated carbocycles. The molecular formula is C19H18F3N3O2. The highest BCUT2D eigenvalue weighted by Crippen LogP contribution is 2.29. The number of para-hydroxylation sites is 1. The average Bonchev–Trinajstić information content (AvgIpc) is 2.66. The molecule has 2 aromatic carbocycles. The van der Waals surface area contributed by atoms with E-state index in [1.54, 1.807) is 0 Å². The molecule has 0 saturated heterocycles. The molecule has 1 aliphatic heterocycles. The Balaban J connectivity index is 1.58. The Morgan fingerprint density at radius 1 is 1.04 bits per heavy atom. The summed E-state index contributed by atoms with van der Waals surface area (Å²) in [6.45, 7) is 0.756. The van der Waals surface area contributed by atoms with Crippen LogP contribution in [0, 0.1) is 0 Å². The average molecular weight is 377 g/mol. The predicted molar refractivity (Wildman–Crippen MR) is 94.0 cm³/mol. The molecule has 1 heterocycles. The molecule has 1 aliphatic rings. The molecule has 27 heavy (non-hydrogen) atoms. The first kappa shape index (κ1) is 18.8. The third-order valence-electron chi connectivity index (χ3n) is 4.31. The number of carbonyl (C=O) groups excluding carboxylic acids is 2. The fraction of sp³-hybridized carbons (Fsp3) is 0.263. The van der Waals surface area contributed by atoms with Crippen molar-refractivity contribution in [3.63, 3.8) is 0 Å². The summed E-state index contributed by atoms with van der Waals surface area (Å²) in [5.74, 6) is -1.26. The Labute approximate surface area is 154 Å². The fourth-order valence-corrected chi connectivity index (χ4v) is 3.02. The van der Waals surface area contributed by atoms with Gasteiger partial charge >= 0.3 is 6.18 Å². The van der Waals surface area contributed by atoms with Gasteiger partial charge in [-0.15, -0.1) is 0 Å². The minimum atomic E-state index is -4.54. The maximum absolute atomic E-state index is 12.7. The molecular weight excluding hydrogens is 359 g/mol. The molecule has 2 amide bonds. The second-order valence-electron chi connectivity index (χ2n) is 6.23. The van der Waals surface area contributed by atoms with E-state index in [0.29, 0.717) is 6.54 Å². The molecule has 2 aromatic rings. The number of anilines is 1. The van der Waals surface area contributed by atoms with Crippen molar-refractivity contribution in [2.24, 2.45) is 0 Å². The molecule has 0 unspecified atom stereocenters. The summed E-state index contributed by atoms with van der Waals surface area (Å²) in [4.78, 5) is 26.1. The summed E-state index contributed by atoms with van der Waals surface area (Å²) < 4.78 is 38.2. The lowest BCUT2D eigenvalue weighted by molar-refractivity contribution is -0.137. The van der Waals surface area contributed by atoms with Crippen LogP contribution in [0.3, 0.4) is 0 Å². The number of rotatable bonds is 3. The summed E-state index contributed by atoms with van der Waals surface area (Å²) in [7, 11) is 0. The maximum atomic E-state index is 12.7. The Bertz CT molecular complexity index is 852. The monoisotopic (exact) mass is 377 g/mol. The number of halogens is 3. The largest absolute Gasteiger partial charge is 0.416 e. The van der Waals surface area contributed by atoms with Crippen LogP contribution in [-0.2, 0) is 17.4 Å². The van der Waals surface area contributed by atoms with E-state index in [0.717, 1.165) is 42.3 Å². The molecule has 0 radical (unpaired) electrons. The molecule has 0 atom stereocenters. The number of hydrazine groups is 1. The Kier molecular flexibility index (Phi) is 5.34. The lowest BCUT2D eigenvalue weighted by Gasteiger charge is -2.30. The van der Waals surface area contributed by atoms with Crippen molar-refractivity contribution in [1.82, 2.24) is 10.9 Å². The van der Waals surface area contributed by atoms with Crippen LogP contribution < -0.4 is 15.8 Å². The molecule has 0 aliphatic carbocycles. The van der Waals surface area contributed by atoms with Gasteiger partial charge in [-0.25, -0.2) is 0 Å². The first-order valence-corrected chi connectivity index (χ1v) is 8.44. The third kappa shape index (κ3) is 4.58. The van der Waals surface area contributed by atoms with Crippen LogP contribution >= 0.6 is 0 Å². The van der Waals surface area contributed by atoms with E-state index in [1.165, 1.54) is 6.07 Å². The van der Waals surface area contributed by atoms with Crippen molar-refractivity contribution < 1.29 is 22.8 Å². The van der Waals surface area contributed by atoms with Gasteiger partial charge in [-0.05, 0) is 42.7 Å². The van der Waals surface area contributed by atoms with E-state index in [1.807, 2.05) is 29.2 Å². The Morgan fingerprint density at radius 3 is 2.59 bits per heavy atom. The molecule has 2 N–H and O–H groups in total. The number of carbonyl (C=O) groups is 2. The van der Waals surface area contributed by atoms with Crippen LogP contribution in [0.25, 0.3) is 0 Å². The van der Waals surface area contributed by atoms with Gasteiger partial charge in [0.2, 0.25) is 0 Å². The van der Waals surface area contributed by atoms with Crippen LogP contribution in [0.15, 0.2) is 48.5 Å². The van der Waals surface area contributed by atoms with E-state index < -0.39 is 23.6 Å². The van der Waals surface area contributed by atoms with Crippen molar-refractivity contribution in [3.8, 4) is 0 Å². The number of nitrogens with one attached hydrogen (secondary N) is 2. The Morgan fingerprint density at radius 2 is 1.81 bits per heavy atom. The number of aryl methyl sites for hydroxylation is 1. The number of fused-ring (bicyclic) bond motifs is 1. The number of benzene rings is 2. The molecule has 3 rings (SSSR count). The van der Waals surface area contributed by atoms with Crippen molar-refractivity contribution >= 4 is 17.5 Å². The summed E-state index contributed by atoms with van der Waals surface area (Å²) in [6, 6.07) is 11.8. The highest BCUT2D eigenvalue weighted by atomic mass is 19.4. The van der Waals surface area contributed by atoms with Gasteiger partial charge in [0.25, 0.3) is 11.8 Å². The van der Waals surface area contributed by atoms with Crippen LogP contribution in [0.2, 0.25) is 0 Å². The maximum Gasteiger partial charge on any atom is 0.416 e. The van der Waals surface area contributed by atoms with Gasteiger partial charge in [-0.2, -0.15) is 13.2 Å². The van der Waals surface area contributed by atoms with E-state index in [2.05, 4.69) is 10.9 Å². The standard InChI is InChI=1S/C19H18F3N3O2/c20-19(21,22)15-8-3-6-14(11-15)18(27)24-23-17(26)12-25-10-4-7-13-5-1-2-9-16(13)25/h1-3,5-6,8-9,11H,4,7,10,12H2,(H,23,26)(H,24,27). The van der Waals surface area contributed by atoms with Crippen LogP contribution in [0.5, 0.6) is 0 Å². The van der Waals surface area contributed by atoms with Crippen LogP contribution in [-0.4, -0.2) is 24.9 Å². The Hall–Kier alpha value is -3.03. The van der Waals surface area contributed by atoms with Gasteiger partial charge in [0.05, 0.1) is 12.1 Å². The molecule has 5 nitrogen and oxygen atoms in total. The van der Waals surface area contributed by atoms with E-state index in [-0.39, 0.29) is 12.1 Å². The highest BCUT2D eigenvalue weighted by molar-refractivity contribution is 5.96. The van der Waals surface area contributed by atoms with Gasteiger partial charge in [0.15, 0.2) is 0 Å². The van der Waals surface area contributed by atoms with Crippen LogP contribution in [0.4, 0.5) is 18.9 Å². The summed E-state index contributed by atoms with van der Waals surface area (Å²) in [6.07, 6.45) is -2.68. The van der Waals surface area contributed by atoms with Crippen molar-refractivity contribution in [2.75, 3.05) is 18.0 Å². The van der Waals surface area contributed by atoms with Gasteiger partial charge in [0, 0.05) is 17.8 Å². The molecule has 142 valence electrons. The van der Waals surface area contributed by atoms with Crippen molar-refractivity contribution in [3.05, 3.63) is 65.2 Å². The smallest absolute Gasteiger partial charge is 0.362 e. The molecule has 0 fully saturated rings. The normalized spacial score (nSPS) is 13.7. The zero-order chi connectivity index (χ0) is 19.4. The summed E-state index contributed by atoms with van der Waals surface area (Å²) in [5, 5.41) is 0. The third-order valence-corrected chi connectivity index (χ3v) is 4.31. The second kappa shape index (κ2) is 7.69. The topological polar surface area (TPSA) is 61.4 Å². The quantitative estimate of drug-likeness (QED) is 0.809. The first-order chi connectivity index (χ1) is 12.8. The number of hydrogen-bond donors (Lipinski definition) is 2. The van der Waals surface area contributed by atoms with Gasteiger partial charge in [-0.3, -0.25) is 20.4 Å². The van der Waals surface area contributed by atoms with E-state index >= 15 is 0 Å². The summed E-state index contributed by atoms with van der Waals surface area (Å²) >= 11 is 0. The molecule has 0 spiro atoms. The van der Waals surface area contributed by atoms with Gasteiger partial charge in [-0.1, -0.05) is 24.3 Å². The van der Waals surface area contributed by atoms with Crippen molar-refractivity contribution in [1.29, 1.82) is 0 Å². The minimum absolute atomic E-state index is 0.0416. The number of nitrogens with zero attached hydrogens (tertiary/aromatic N) is 1. The fourth-order valence-electron chi connectivity index (χ4n) is 3.02. The SMILES string of the molecule is O=C(CN1CCCc2ccccc21)NNC(=O)c1cccc(C(F)(F)F)c1. The molecule has 0 aromatic heterocycles. The van der Waals surface area contributed by atoms with Crippen LogP contribution in [0.1, 0.15) is 27.9 Å². The highest BCUT2D eigenvalue weighted by Gasteiger charge is 2.31. The predicted octanol–water partition coefficient (Wildman–Crippen LogP) is 2.92. The van der Waals surface area contributed by atoms with E-state index in [9.17, 15) is 22.8 Å². The summed E-state index contributed by atoms with van der Waals surface area (Å²) in [5.41, 5.74) is 5.44. The number of hydrogen-bond acceptors (Lipinski definition) is 3. The number of alkyl halides is 3. The van der Waals surface area contributed by atoms with E-state index in [4.69, 9.17) is 0 Å². The van der Waals surface area contributed by atoms with Crippen molar-refractivity contribution in [2.45, 2.75) is 19.0 Å². The lowest BCUT2D eigenvalue weighted by Crippen LogP contribution is -2.47. The number of amides is 2. The first-order valence-electron chi connectivity index (χ1n) is 8.44. The molecule has 0 bridgehead atoms. The van der Waals surface area contributed by atoms with Gasteiger partial charge < -0.3 is 4.90 Å². The molecule has 8 heteroatoms. The zero-order valence-corrected chi connectivity index (χ0v) is 14.3.